The summed E-state index contributed by atoms with van der Waals surface area (Å²) in [6.07, 6.45) is 0.404. The van der Waals surface area contributed by atoms with Crippen molar-refractivity contribution in [1.29, 1.82) is 0 Å². The third-order valence-corrected chi connectivity index (χ3v) is 3.86. The maximum absolute atomic E-state index is 11.8. The van der Waals surface area contributed by atoms with Gasteiger partial charge in [-0.15, -0.1) is 11.3 Å². The first-order chi connectivity index (χ1) is 9.70. The number of carbonyl (C=O) groups is 1. The molecule has 0 aliphatic rings. The normalized spacial score (nSPS) is 10.8. The van der Waals surface area contributed by atoms with Crippen molar-refractivity contribution in [2.24, 2.45) is 0 Å². The number of hydrogen-bond acceptors (Lipinski definition) is 3. The number of carbonyl (C=O) groups excluding carboxylic acids is 1. The lowest BCUT2D eigenvalue weighted by atomic mass is 10.2. The van der Waals surface area contributed by atoms with Crippen molar-refractivity contribution in [3.8, 4) is 0 Å². The summed E-state index contributed by atoms with van der Waals surface area (Å²) in [7, 11) is 0. The number of thiophene rings is 1. The maximum atomic E-state index is 11.8. The van der Waals surface area contributed by atoms with E-state index in [1.807, 2.05) is 35.7 Å². The van der Waals surface area contributed by atoms with E-state index in [4.69, 9.17) is 0 Å². The van der Waals surface area contributed by atoms with E-state index in [0.29, 0.717) is 13.0 Å². The molecule has 1 aromatic carbocycles. The zero-order chi connectivity index (χ0) is 13.9. The number of benzene rings is 1. The molecule has 0 fully saturated rings. The average Bonchev–Trinajstić information content (AvgIpc) is 3.04. The molecule has 2 aromatic heterocycles. The summed E-state index contributed by atoms with van der Waals surface area (Å²) >= 11 is 1.57. The molecule has 3 rings (SSSR count). The molecule has 20 heavy (non-hydrogen) atoms. The van der Waals surface area contributed by atoms with Gasteiger partial charge in [0.25, 0.3) is 0 Å². The molecule has 0 radical (unpaired) electrons. The fourth-order valence-corrected chi connectivity index (χ4v) is 2.73. The lowest BCUT2D eigenvalue weighted by molar-refractivity contribution is -0.120. The van der Waals surface area contributed by atoms with Gasteiger partial charge in [0.05, 0.1) is 17.5 Å². The number of aromatic amines is 2. The van der Waals surface area contributed by atoms with Crippen molar-refractivity contribution in [2.45, 2.75) is 13.0 Å². The summed E-state index contributed by atoms with van der Waals surface area (Å²) in [5.41, 5.74) is 2.25. The molecule has 0 saturated heterocycles. The zero-order valence-electron chi connectivity index (χ0n) is 10.6. The summed E-state index contributed by atoms with van der Waals surface area (Å²) in [4.78, 5) is 29.4. The van der Waals surface area contributed by atoms with Crippen molar-refractivity contribution >= 4 is 28.3 Å². The highest BCUT2D eigenvalue weighted by Crippen LogP contribution is 2.11. The average molecular weight is 287 g/mol. The minimum absolute atomic E-state index is 0.00453. The zero-order valence-corrected chi connectivity index (χ0v) is 11.4. The van der Waals surface area contributed by atoms with E-state index < -0.39 is 0 Å². The Morgan fingerprint density at radius 3 is 2.85 bits per heavy atom. The van der Waals surface area contributed by atoms with Crippen LogP contribution in [0.1, 0.15) is 10.4 Å². The monoisotopic (exact) mass is 287 g/mol. The SMILES string of the molecule is O=C(Cc1cccs1)NCc1ccc2[nH]c(=O)[nH]c2c1. The Hall–Kier alpha value is -2.34. The van der Waals surface area contributed by atoms with Crippen molar-refractivity contribution in [2.75, 3.05) is 0 Å². The topological polar surface area (TPSA) is 77.8 Å². The number of amides is 1. The molecule has 6 heteroatoms. The van der Waals surface area contributed by atoms with Crippen molar-refractivity contribution < 1.29 is 4.79 Å². The van der Waals surface area contributed by atoms with Crippen molar-refractivity contribution in [1.82, 2.24) is 15.3 Å². The number of nitrogens with one attached hydrogen (secondary N) is 3. The van der Waals surface area contributed by atoms with Gasteiger partial charge in [-0.2, -0.15) is 0 Å². The molecule has 0 atom stereocenters. The summed E-state index contributed by atoms with van der Waals surface area (Å²) in [5, 5.41) is 4.83. The van der Waals surface area contributed by atoms with E-state index in [1.54, 1.807) is 11.3 Å². The number of rotatable bonds is 4. The number of H-pyrrole nitrogens is 2. The van der Waals surface area contributed by atoms with Crippen LogP contribution in [0.2, 0.25) is 0 Å². The lowest BCUT2D eigenvalue weighted by Crippen LogP contribution is -2.24. The molecule has 0 saturated carbocycles. The van der Waals surface area contributed by atoms with Crippen molar-refractivity contribution in [3.63, 3.8) is 0 Å². The van der Waals surface area contributed by atoms with Gasteiger partial charge in [0.2, 0.25) is 5.91 Å². The van der Waals surface area contributed by atoms with E-state index >= 15 is 0 Å². The largest absolute Gasteiger partial charge is 0.352 e. The van der Waals surface area contributed by atoms with Crippen LogP contribution in [0, 0.1) is 0 Å². The highest BCUT2D eigenvalue weighted by molar-refractivity contribution is 7.10. The first-order valence-corrected chi connectivity index (χ1v) is 7.09. The molecule has 0 aliphatic heterocycles. The van der Waals surface area contributed by atoms with Crippen LogP contribution in [0.5, 0.6) is 0 Å². The second kappa shape index (κ2) is 5.34. The van der Waals surface area contributed by atoms with E-state index in [-0.39, 0.29) is 11.6 Å². The van der Waals surface area contributed by atoms with Gasteiger partial charge in [-0.3, -0.25) is 4.79 Å². The van der Waals surface area contributed by atoms with Gasteiger partial charge in [-0.25, -0.2) is 4.79 Å². The van der Waals surface area contributed by atoms with Gasteiger partial charge in [-0.1, -0.05) is 12.1 Å². The first kappa shape index (κ1) is 12.7. The molecule has 3 aromatic rings. The Balaban J connectivity index is 1.64. The van der Waals surface area contributed by atoms with Crippen LogP contribution in [0.4, 0.5) is 0 Å². The second-order valence-corrected chi connectivity index (χ2v) is 5.52. The number of imidazole rings is 1. The summed E-state index contributed by atoms with van der Waals surface area (Å²) < 4.78 is 0. The fraction of sp³-hybridized carbons (Fsp3) is 0.143. The molecule has 0 bridgehead atoms. The van der Waals surface area contributed by atoms with Crippen LogP contribution >= 0.6 is 11.3 Å². The molecule has 0 aliphatic carbocycles. The van der Waals surface area contributed by atoms with Gasteiger partial charge in [0, 0.05) is 11.4 Å². The number of hydrogen-bond donors (Lipinski definition) is 3. The fourth-order valence-electron chi connectivity index (χ4n) is 2.02. The highest BCUT2D eigenvalue weighted by Gasteiger charge is 2.05. The van der Waals surface area contributed by atoms with E-state index in [9.17, 15) is 9.59 Å². The van der Waals surface area contributed by atoms with Crippen LogP contribution in [0.25, 0.3) is 11.0 Å². The Labute approximate surface area is 118 Å². The van der Waals surface area contributed by atoms with Crippen molar-refractivity contribution in [3.05, 3.63) is 56.6 Å². The standard InChI is InChI=1S/C14H13N3O2S/c18-13(7-10-2-1-5-20-10)15-8-9-3-4-11-12(6-9)17-14(19)16-11/h1-6H,7-8H2,(H,15,18)(H2,16,17,19). The molecule has 1 amide bonds. The summed E-state index contributed by atoms with van der Waals surface area (Å²) in [6.45, 7) is 0.452. The Morgan fingerprint density at radius 2 is 2.05 bits per heavy atom. The molecule has 5 nitrogen and oxygen atoms in total. The quantitative estimate of drug-likeness (QED) is 0.684. The Kier molecular flexibility index (Phi) is 3.39. The Bertz CT molecular complexity index is 786. The minimum atomic E-state index is -0.223. The second-order valence-electron chi connectivity index (χ2n) is 4.49. The smallest absolute Gasteiger partial charge is 0.323 e. The molecular weight excluding hydrogens is 274 g/mol. The summed E-state index contributed by atoms with van der Waals surface area (Å²) in [6, 6.07) is 9.45. The van der Waals surface area contributed by atoms with E-state index in [0.717, 1.165) is 21.5 Å². The third kappa shape index (κ3) is 2.80. The van der Waals surface area contributed by atoms with Crippen LogP contribution in [-0.4, -0.2) is 15.9 Å². The Morgan fingerprint density at radius 1 is 1.20 bits per heavy atom. The molecule has 3 N–H and O–H groups in total. The predicted octanol–water partition coefficient (Wildman–Crippen LogP) is 1.78. The van der Waals surface area contributed by atoms with Gasteiger partial charge >= 0.3 is 5.69 Å². The molecule has 102 valence electrons. The van der Waals surface area contributed by atoms with E-state index in [1.165, 1.54) is 0 Å². The van der Waals surface area contributed by atoms with Gasteiger partial charge in [0.1, 0.15) is 0 Å². The van der Waals surface area contributed by atoms with Crippen LogP contribution in [0.3, 0.4) is 0 Å². The van der Waals surface area contributed by atoms with Gasteiger partial charge in [-0.05, 0) is 29.1 Å². The van der Waals surface area contributed by atoms with Crippen LogP contribution in [0.15, 0.2) is 40.5 Å². The number of fused-ring (bicyclic) bond motifs is 1. The van der Waals surface area contributed by atoms with Crippen LogP contribution in [-0.2, 0) is 17.8 Å². The van der Waals surface area contributed by atoms with E-state index in [2.05, 4.69) is 15.3 Å². The van der Waals surface area contributed by atoms with Gasteiger partial charge < -0.3 is 15.3 Å². The third-order valence-electron chi connectivity index (χ3n) is 2.98. The van der Waals surface area contributed by atoms with Gasteiger partial charge in [0.15, 0.2) is 0 Å². The van der Waals surface area contributed by atoms with Crippen LogP contribution < -0.4 is 11.0 Å². The molecule has 0 unspecified atom stereocenters. The molecule has 0 spiro atoms. The maximum Gasteiger partial charge on any atom is 0.323 e. The predicted molar refractivity (Wildman–Crippen MR) is 78.8 cm³/mol. The minimum Gasteiger partial charge on any atom is -0.352 e. The molecular formula is C14H13N3O2S. The highest BCUT2D eigenvalue weighted by atomic mass is 32.1. The first-order valence-electron chi connectivity index (χ1n) is 6.21. The number of aromatic nitrogens is 2. The summed E-state index contributed by atoms with van der Waals surface area (Å²) in [5.74, 6) is -0.00453. The molecule has 2 heterocycles. The lowest BCUT2D eigenvalue weighted by Gasteiger charge is -2.04.